The molecule has 0 saturated carbocycles. The Bertz CT molecular complexity index is 373. The molecule has 1 aliphatic carbocycles. The fourth-order valence-electron chi connectivity index (χ4n) is 2.97. The number of likely N-dealkylation sites (N-methyl/N-ethyl adjacent to an activating group) is 1. The number of hydrogen-bond donors (Lipinski definition) is 0. The van der Waals surface area contributed by atoms with Crippen molar-refractivity contribution in [3.8, 4) is 0 Å². The predicted molar refractivity (Wildman–Crippen MR) is 74.2 cm³/mol. The van der Waals surface area contributed by atoms with Crippen LogP contribution in [0.4, 0.5) is 0 Å². The second-order valence-corrected chi connectivity index (χ2v) is 5.96. The van der Waals surface area contributed by atoms with Gasteiger partial charge in [-0.25, -0.2) is 0 Å². The van der Waals surface area contributed by atoms with E-state index >= 15 is 0 Å². The van der Waals surface area contributed by atoms with Crippen molar-refractivity contribution < 1.29 is 14.1 Å². The average Bonchev–Trinajstić information content (AvgIpc) is 2.69. The first kappa shape index (κ1) is 14.3. The third-order valence-electron chi connectivity index (χ3n) is 4.99. The maximum atomic E-state index is 12.3. The van der Waals surface area contributed by atoms with Crippen LogP contribution in [0, 0.1) is 11.8 Å². The minimum atomic E-state index is -0.0838. The molecule has 106 valence electrons. The lowest BCUT2D eigenvalue weighted by Gasteiger charge is -2.33. The molecule has 0 aromatic rings. The van der Waals surface area contributed by atoms with Gasteiger partial charge in [0, 0.05) is 0 Å². The lowest BCUT2D eigenvalue weighted by Crippen LogP contribution is -2.49. The molecule has 2 amide bonds. The molecule has 19 heavy (non-hydrogen) atoms. The van der Waals surface area contributed by atoms with Gasteiger partial charge < -0.3 is 4.48 Å². The molecule has 2 unspecified atom stereocenters. The number of quaternary nitrogens is 1. The van der Waals surface area contributed by atoms with Crippen LogP contribution in [-0.2, 0) is 9.59 Å². The highest BCUT2D eigenvalue weighted by molar-refractivity contribution is 6.05. The van der Waals surface area contributed by atoms with Gasteiger partial charge in [0.25, 0.3) is 0 Å². The zero-order valence-corrected chi connectivity index (χ0v) is 12.3. The van der Waals surface area contributed by atoms with Crippen LogP contribution in [0.2, 0.25) is 0 Å². The van der Waals surface area contributed by atoms with Crippen molar-refractivity contribution in [1.29, 1.82) is 0 Å². The first-order chi connectivity index (χ1) is 9.02. The Kier molecular flexibility index (Phi) is 4.09. The Morgan fingerprint density at radius 3 is 2.00 bits per heavy atom. The Morgan fingerprint density at radius 2 is 1.58 bits per heavy atom. The molecule has 0 spiro atoms. The number of carbonyl (C=O) groups is 2. The van der Waals surface area contributed by atoms with Crippen molar-refractivity contribution in [2.24, 2.45) is 11.8 Å². The summed E-state index contributed by atoms with van der Waals surface area (Å²) >= 11 is 0. The smallest absolute Gasteiger partial charge is 0.233 e. The largest absolute Gasteiger partial charge is 0.325 e. The van der Waals surface area contributed by atoms with E-state index in [1.165, 1.54) is 4.90 Å². The highest BCUT2D eigenvalue weighted by Crippen LogP contribution is 2.34. The first-order valence-corrected chi connectivity index (χ1v) is 7.36. The summed E-state index contributed by atoms with van der Waals surface area (Å²) in [5, 5.41) is 0. The van der Waals surface area contributed by atoms with E-state index in [-0.39, 0.29) is 23.7 Å². The zero-order chi connectivity index (χ0) is 14.0. The Labute approximate surface area is 115 Å². The fourth-order valence-corrected chi connectivity index (χ4v) is 2.97. The summed E-state index contributed by atoms with van der Waals surface area (Å²) in [5.74, 6) is -0.0600. The normalized spacial score (nSPS) is 27.0. The summed E-state index contributed by atoms with van der Waals surface area (Å²) in [6, 6.07) is 0. The van der Waals surface area contributed by atoms with Crippen LogP contribution in [0.1, 0.15) is 26.7 Å². The van der Waals surface area contributed by atoms with Crippen LogP contribution in [0.5, 0.6) is 0 Å². The molecule has 1 heterocycles. The molecule has 2 atom stereocenters. The number of rotatable bonds is 5. The number of nitrogens with zero attached hydrogens (tertiary/aromatic N) is 2. The first-order valence-electron chi connectivity index (χ1n) is 7.36. The van der Waals surface area contributed by atoms with E-state index in [0.717, 1.165) is 37.0 Å². The number of allylic oxidation sites excluding steroid dienone is 2. The maximum Gasteiger partial charge on any atom is 0.233 e. The third kappa shape index (κ3) is 2.59. The van der Waals surface area contributed by atoms with Gasteiger partial charge in [-0.1, -0.05) is 12.2 Å². The average molecular weight is 265 g/mol. The molecular formula is C15H25N2O2+. The molecule has 0 bridgehead atoms. The molecule has 0 N–H and O–H groups in total. The molecule has 2 aliphatic rings. The van der Waals surface area contributed by atoms with Crippen LogP contribution in [0.3, 0.4) is 0 Å². The van der Waals surface area contributed by atoms with Crippen molar-refractivity contribution >= 4 is 11.8 Å². The van der Waals surface area contributed by atoms with Crippen molar-refractivity contribution in [3.05, 3.63) is 12.2 Å². The van der Waals surface area contributed by atoms with Crippen molar-refractivity contribution in [2.75, 3.05) is 33.2 Å². The number of fused-ring (bicyclic) bond motifs is 1. The fraction of sp³-hybridized carbons (Fsp3) is 0.733. The molecule has 4 heteroatoms. The lowest BCUT2D eigenvalue weighted by atomic mass is 9.85. The molecule has 4 nitrogen and oxygen atoms in total. The van der Waals surface area contributed by atoms with Gasteiger partial charge in [-0.05, 0) is 26.7 Å². The van der Waals surface area contributed by atoms with E-state index in [0.29, 0.717) is 6.54 Å². The second-order valence-electron chi connectivity index (χ2n) is 5.96. The van der Waals surface area contributed by atoms with E-state index in [1.807, 2.05) is 12.2 Å². The molecule has 1 aliphatic heterocycles. The van der Waals surface area contributed by atoms with Gasteiger partial charge in [0.05, 0.1) is 45.1 Å². The van der Waals surface area contributed by atoms with Crippen LogP contribution >= 0.6 is 0 Å². The third-order valence-corrected chi connectivity index (χ3v) is 4.99. The van der Waals surface area contributed by atoms with Gasteiger partial charge in [0.1, 0.15) is 0 Å². The van der Waals surface area contributed by atoms with Gasteiger partial charge in [0.2, 0.25) is 11.8 Å². The van der Waals surface area contributed by atoms with E-state index in [2.05, 4.69) is 20.9 Å². The zero-order valence-electron chi connectivity index (χ0n) is 12.3. The van der Waals surface area contributed by atoms with E-state index in [9.17, 15) is 9.59 Å². The molecule has 1 saturated heterocycles. The summed E-state index contributed by atoms with van der Waals surface area (Å²) in [4.78, 5) is 26.1. The minimum absolute atomic E-state index is 0.0538. The highest BCUT2D eigenvalue weighted by atomic mass is 16.2. The van der Waals surface area contributed by atoms with Gasteiger partial charge in [-0.3, -0.25) is 14.5 Å². The summed E-state index contributed by atoms with van der Waals surface area (Å²) in [7, 11) is 2.18. The Balaban J connectivity index is 2.02. The van der Waals surface area contributed by atoms with Gasteiger partial charge >= 0.3 is 0 Å². The number of amides is 2. The Morgan fingerprint density at radius 1 is 1.11 bits per heavy atom. The molecule has 0 aromatic carbocycles. The number of likely N-dealkylation sites (tertiary alicyclic amines) is 1. The molecule has 2 rings (SSSR count). The topological polar surface area (TPSA) is 37.4 Å². The van der Waals surface area contributed by atoms with Crippen molar-refractivity contribution in [1.82, 2.24) is 4.90 Å². The quantitative estimate of drug-likeness (QED) is 0.428. The van der Waals surface area contributed by atoms with E-state index in [1.54, 1.807) is 0 Å². The van der Waals surface area contributed by atoms with Crippen molar-refractivity contribution in [3.63, 3.8) is 0 Å². The molecular weight excluding hydrogens is 240 g/mol. The van der Waals surface area contributed by atoms with Crippen LogP contribution in [0.15, 0.2) is 12.2 Å². The van der Waals surface area contributed by atoms with Gasteiger partial charge in [-0.15, -0.1) is 0 Å². The second kappa shape index (κ2) is 5.45. The Hall–Kier alpha value is -1.16. The summed E-state index contributed by atoms with van der Waals surface area (Å²) < 4.78 is 0.907. The number of carbonyl (C=O) groups excluding carboxylic acids is 2. The molecule has 1 fully saturated rings. The van der Waals surface area contributed by atoms with Crippen LogP contribution in [0.25, 0.3) is 0 Å². The number of imide groups is 1. The highest BCUT2D eigenvalue weighted by Gasteiger charge is 2.47. The SMILES string of the molecule is CC[N+](C)(CC)CCN1C(=O)C2CC=CCC2C1=O. The summed E-state index contributed by atoms with van der Waals surface area (Å²) in [5.41, 5.74) is 0. The van der Waals surface area contributed by atoms with Gasteiger partial charge in [0.15, 0.2) is 0 Å². The van der Waals surface area contributed by atoms with Crippen LogP contribution in [-0.4, -0.2) is 54.4 Å². The van der Waals surface area contributed by atoms with Crippen LogP contribution < -0.4 is 0 Å². The lowest BCUT2D eigenvalue weighted by molar-refractivity contribution is -0.905. The van der Waals surface area contributed by atoms with Crippen molar-refractivity contribution in [2.45, 2.75) is 26.7 Å². The van der Waals surface area contributed by atoms with E-state index < -0.39 is 0 Å². The summed E-state index contributed by atoms with van der Waals surface area (Å²) in [6.45, 7) is 7.80. The monoisotopic (exact) mass is 265 g/mol. The van der Waals surface area contributed by atoms with Gasteiger partial charge in [-0.2, -0.15) is 0 Å². The molecule has 0 aromatic heterocycles. The predicted octanol–water partition coefficient (Wildman–Crippen LogP) is 1.42. The van der Waals surface area contributed by atoms with E-state index in [4.69, 9.17) is 0 Å². The standard InChI is InChI=1S/C15H25N2O2/c1-4-17(3,5-2)11-10-16-14(18)12-8-6-7-9-13(12)15(16)19/h6-7,12-13H,4-5,8-11H2,1-3H3/q+1. The number of hydrogen-bond acceptors (Lipinski definition) is 2. The summed E-state index contributed by atoms with van der Waals surface area (Å²) in [6.07, 6.45) is 5.54. The minimum Gasteiger partial charge on any atom is -0.325 e. The molecule has 0 radical (unpaired) electrons. The maximum absolute atomic E-state index is 12.3.